The first-order chi connectivity index (χ1) is 12.0. The fourth-order valence-corrected chi connectivity index (χ4v) is 3.94. The molecule has 0 radical (unpaired) electrons. The average Bonchev–Trinajstić information content (AvgIpc) is 3.12. The normalized spacial score (nSPS) is 16.2. The van der Waals surface area contributed by atoms with Crippen molar-refractivity contribution in [3.8, 4) is 17.0 Å². The summed E-state index contributed by atoms with van der Waals surface area (Å²) in [7, 11) is 1.52. The molecule has 128 valence electrons. The molecule has 0 amide bonds. The van der Waals surface area contributed by atoms with E-state index in [2.05, 4.69) is 10.1 Å². The van der Waals surface area contributed by atoms with Gasteiger partial charge >= 0.3 is 6.09 Å². The van der Waals surface area contributed by atoms with Crippen LogP contribution in [0.15, 0.2) is 24.3 Å². The summed E-state index contributed by atoms with van der Waals surface area (Å²) in [5.41, 5.74) is 4.57. The second-order valence-electron chi connectivity index (χ2n) is 5.90. The highest BCUT2D eigenvalue weighted by atomic mass is 127. The molecule has 4 rings (SSSR count). The van der Waals surface area contributed by atoms with E-state index in [9.17, 15) is 15.0 Å². The van der Waals surface area contributed by atoms with Crippen molar-refractivity contribution in [2.24, 2.45) is 0 Å². The molecule has 2 N–H and O–H groups in total. The Kier molecular flexibility index (Phi) is 3.88. The SMILES string of the molecule is COc1cc2c(nc1-c1cccc3c1CC(O)C3)c(I)nn2C(=O)O. The van der Waals surface area contributed by atoms with Crippen molar-refractivity contribution in [1.29, 1.82) is 0 Å². The maximum absolute atomic E-state index is 11.4. The third-order valence-electron chi connectivity index (χ3n) is 4.40. The topological polar surface area (TPSA) is 97.5 Å². The van der Waals surface area contributed by atoms with Crippen LogP contribution in [-0.4, -0.2) is 44.3 Å². The second-order valence-corrected chi connectivity index (χ2v) is 6.92. The Labute approximate surface area is 156 Å². The molecule has 1 aliphatic rings. The number of methoxy groups -OCH3 is 1. The van der Waals surface area contributed by atoms with E-state index < -0.39 is 6.09 Å². The molecule has 7 nitrogen and oxygen atoms in total. The minimum Gasteiger partial charge on any atom is -0.494 e. The molecular formula is C17H14IN3O4. The van der Waals surface area contributed by atoms with Crippen molar-refractivity contribution >= 4 is 39.7 Å². The lowest BCUT2D eigenvalue weighted by molar-refractivity contribution is 0.187. The molecule has 2 heterocycles. The Morgan fingerprint density at radius 2 is 2.20 bits per heavy atom. The number of hydrogen-bond acceptors (Lipinski definition) is 5. The highest BCUT2D eigenvalue weighted by Crippen LogP contribution is 2.38. The van der Waals surface area contributed by atoms with Gasteiger partial charge in [0.1, 0.15) is 26.2 Å². The number of carboxylic acid groups (broad SMARTS) is 1. The van der Waals surface area contributed by atoms with Crippen LogP contribution in [-0.2, 0) is 12.8 Å². The van der Waals surface area contributed by atoms with Gasteiger partial charge in [-0.3, -0.25) is 0 Å². The first-order valence-corrected chi connectivity index (χ1v) is 8.73. The van der Waals surface area contributed by atoms with E-state index in [-0.39, 0.29) is 6.10 Å². The van der Waals surface area contributed by atoms with Crippen LogP contribution in [0, 0.1) is 3.70 Å². The number of fused-ring (bicyclic) bond motifs is 2. The van der Waals surface area contributed by atoms with Crippen molar-refractivity contribution in [1.82, 2.24) is 14.8 Å². The van der Waals surface area contributed by atoms with Crippen molar-refractivity contribution in [2.45, 2.75) is 18.9 Å². The smallest absolute Gasteiger partial charge is 0.432 e. The fraction of sp³-hybridized carbons (Fsp3) is 0.235. The van der Waals surface area contributed by atoms with Crippen LogP contribution in [0.4, 0.5) is 4.79 Å². The molecule has 25 heavy (non-hydrogen) atoms. The molecule has 1 unspecified atom stereocenters. The Balaban J connectivity index is 1.99. The van der Waals surface area contributed by atoms with Gasteiger partial charge in [0, 0.05) is 11.6 Å². The summed E-state index contributed by atoms with van der Waals surface area (Å²) < 4.78 is 6.88. The molecule has 1 atom stereocenters. The molecular weight excluding hydrogens is 437 g/mol. The van der Waals surface area contributed by atoms with Crippen molar-refractivity contribution in [2.75, 3.05) is 7.11 Å². The predicted molar refractivity (Wildman–Crippen MR) is 99.1 cm³/mol. The number of rotatable bonds is 2. The molecule has 0 spiro atoms. The number of pyridine rings is 1. The number of halogens is 1. The monoisotopic (exact) mass is 451 g/mol. The Morgan fingerprint density at radius 3 is 2.92 bits per heavy atom. The standard InChI is InChI=1S/C17H14IN3O4/c1-25-13-7-12-15(16(18)20-21(12)17(23)24)19-14(13)10-4-2-3-8-5-9(22)6-11(8)10/h2-4,7,9,22H,5-6H2,1H3,(H,23,24). The molecule has 0 saturated heterocycles. The van der Waals surface area contributed by atoms with Crippen LogP contribution in [0.2, 0.25) is 0 Å². The van der Waals surface area contributed by atoms with Gasteiger partial charge in [0.25, 0.3) is 0 Å². The molecule has 0 fully saturated rings. The highest BCUT2D eigenvalue weighted by molar-refractivity contribution is 14.1. The quantitative estimate of drug-likeness (QED) is 0.582. The minimum atomic E-state index is -1.17. The van der Waals surface area contributed by atoms with E-state index in [1.54, 1.807) is 6.07 Å². The van der Waals surface area contributed by atoms with E-state index in [0.717, 1.165) is 21.4 Å². The van der Waals surface area contributed by atoms with E-state index in [1.807, 2.05) is 40.8 Å². The largest absolute Gasteiger partial charge is 0.494 e. The summed E-state index contributed by atoms with van der Waals surface area (Å²) in [6.07, 6.45) is -0.365. The van der Waals surface area contributed by atoms with Gasteiger partial charge in [0.15, 0.2) is 0 Å². The van der Waals surface area contributed by atoms with Crippen LogP contribution < -0.4 is 4.74 Å². The summed E-state index contributed by atoms with van der Waals surface area (Å²) in [5.74, 6) is 0.473. The Bertz CT molecular complexity index is 1010. The van der Waals surface area contributed by atoms with Crippen LogP contribution >= 0.6 is 22.6 Å². The lowest BCUT2D eigenvalue weighted by atomic mass is 9.99. The number of aromatic nitrogens is 3. The van der Waals surface area contributed by atoms with Crippen LogP contribution in [0.3, 0.4) is 0 Å². The lowest BCUT2D eigenvalue weighted by Crippen LogP contribution is -2.09. The lowest BCUT2D eigenvalue weighted by Gasteiger charge is -2.12. The van der Waals surface area contributed by atoms with E-state index in [4.69, 9.17) is 4.74 Å². The van der Waals surface area contributed by atoms with Crippen molar-refractivity contribution in [3.63, 3.8) is 0 Å². The van der Waals surface area contributed by atoms with Gasteiger partial charge < -0.3 is 14.9 Å². The first-order valence-electron chi connectivity index (χ1n) is 7.65. The zero-order valence-corrected chi connectivity index (χ0v) is 15.4. The molecule has 1 aliphatic carbocycles. The summed E-state index contributed by atoms with van der Waals surface area (Å²) in [6.45, 7) is 0. The summed E-state index contributed by atoms with van der Waals surface area (Å²) >= 11 is 1.97. The van der Waals surface area contributed by atoms with E-state index in [1.165, 1.54) is 7.11 Å². The Hall–Kier alpha value is -2.20. The van der Waals surface area contributed by atoms with Gasteiger partial charge in [-0.05, 0) is 46.6 Å². The molecule has 0 bridgehead atoms. The number of ether oxygens (including phenoxy) is 1. The summed E-state index contributed by atoms with van der Waals surface area (Å²) in [6, 6.07) is 7.53. The van der Waals surface area contributed by atoms with Crippen LogP contribution in [0.5, 0.6) is 5.75 Å². The predicted octanol–water partition coefficient (Wildman–Crippen LogP) is 2.70. The molecule has 2 aromatic heterocycles. The van der Waals surface area contributed by atoms with Crippen molar-refractivity contribution in [3.05, 3.63) is 39.1 Å². The highest BCUT2D eigenvalue weighted by Gasteiger charge is 2.25. The molecule has 1 aromatic carbocycles. The van der Waals surface area contributed by atoms with E-state index in [0.29, 0.717) is 39.0 Å². The molecule has 0 aliphatic heterocycles. The second kappa shape index (κ2) is 5.95. The molecule has 3 aromatic rings. The summed E-state index contributed by atoms with van der Waals surface area (Å²) in [5, 5.41) is 23.3. The fourth-order valence-electron chi connectivity index (χ4n) is 3.33. The van der Waals surface area contributed by atoms with Gasteiger partial charge in [0.05, 0.1) is 13.2 Å². The number of benzene rings is 1. The maximum atomic E-state index is 11.4. The van der Waals surface area contributed by atoms with Crippen LogP contribution in [0.1, 0.15) is 11.1 Å². The molecule has 0 saturated carbocycles. The van der Waals surface area contributed by atoms with Crippen LogP contribution in [0.25, 0.3) is 22.3 Å². The van der Waals surface area contributed by atoms with Gasteiger partial charge in [-0.1, -0.05) is 18.2 Å². The number of aliphatic hydroxyl groups excluding tert-OH is 1. The number of carbonyl (C=O) groups is 1. The van der Waals surface area contributed by atoms with Crippen molar-refractivity contribution < 1.29 is 19.7 Å². The van der Waals surface area contributed by atoms with Gasteiger partial charge in [0.2, 0.25) is 0 Å². The number of nitrogens with zero attached hydrogens (tertiary/aromatic N) is 3. The van der Waals surface area contributed by atoms with Gasteiger partial charge in [-0.15, -0.1) is 0 Å². The first kappa shape index (κ1) is 16.3. The van der Waals surface area contributed by atoms with Gasteiger partial charge in [-0.2, -0.15) is 9.78 Å². The average molecular weight is 451 g/mol. The Morgan fingerprint density at radius 1 is 1.40 bits per heavy atom. The number of aliphatic hydroxyl groups is 1. The summed E-state index contributed by atoms with van der Waals surface area (Å²) in [4.78, 5) is 16.0. The third-order valence-corrected chi connectivity index (χ3v) is 5.13. The van der Waals surface area contributed by atoms with E-state index >= 15 is 0 Å². The maximum Gasteiger partial charge on any atom is 0.432 e. The minimum absolute atomic E-state index is 0.380. The van der Waals surface area contributed by atoms with Gasteiger partial charge in [-0.25, -0.2) is 9.78 Å². The molecule has 8 heteroatoms. The zero-order valence-electron chi connectivity index (χ0n) is 13.2. The number of hydrogen-bond donors (Lipinski definition) is 2. The zero-order chi connectivity index (χ0) is 17.7. The third kappa shape index (κ3) is 2.56.